The van der Waals surface area contributed by atoms with Gasteiger partial charge in [0, 0.05) is 30.8 Å². The highest BCUT2D eigenvalue weighted by atomic mass is 32.2. The Labute approximate surface area is 222 Å². The van der Waals surface area contributed by atoms with Crippen molar-refractivity contribution < 1.29 is 8.42 Å². The van der Waals surface area contributed by atoms with Crippen LogP contribution >= 0.6 is 0 Å². The Bertz CT molecular complexity index is 1100. The summed E-state index contributed by atoms with van der Waals surface area (Å²) in [6.45, 7) is 7.29. The van der Waals surface area contributed by atoms with Gasteiger partial charge < -0.3 is 14.9 Å². The third-order valence-corrected chi connectivity index (χ3v) is 9.32. The number of nitrogens with one attached hydrogen (secondary N) is 2. The molecule has 1 fully saturated rings. The van der Waals surface area contributed by atoms with Gasteiger partial charge in [0.25, 0.3) is 0 Å². The molecule has 0 aliphatic heterocycles. The van der Waals surface area contributed by atoms with Gasteiger partial charge in [-0.05, 0) is 88.1 Å². The number of hydrogen-bond acceptors (Lipinski definition) is 5. The van der Waals surface area contributed by atoms with Crippen molar-refractivity contribution in [1.82, 2.24) is 29.1 Å². The topological polar surface area (TPSA) is 98.0 Å². The van der Waals surface area contributed by atoms with Crippen LogP contribution in [0.25, 0.3) is 0 Å². The molecule has 9 heteroatoms. The predicted molar refractivity (Wildman–Crippen MR) is 146 cm³/mol. The molecule has 1 saturated carbocycles. The summed E-state index contributed by atoms with van der Waals surface area (Å²) in [5.41, 5.74) is 1.20. The van der Waals surface area contributed by atoms with Gasteiger partial charge in [0.15, 0.2) is 0 Å². The van der Waals surface area contributed by atoms with Crippen molar-refractivity contribution >= 4 is 10.0 Å². The molecule has 202 valence electrons. The van der Waals surface area contributed by atoms with Crippen LogP contribution in [0.5, 0.6) is 0 Å². The molecule has 0 amide bonds. The smallest absolute Gasteiger partial charge is 0.243 e. The monoisotopic (exact) mass is 526 g/mol. The van der Waals surface area contributed by atoms with Crippen molar-refractivity contribution in [1.29, 1.82) is 0 Å². The zero-order valence-corrected chi connectivity index (χ0v) is 23.1. The van der Waals surface area contributed by atoms with E-state index in [1.54, 1.807) is 36.9 Å². The lowest BCUT2D eigenvalue weighted by molar-refractivity contribution is 0.134. The van der Waals surface area contributed by atoms with Crippen molar-refractivity contribution in [3.05, 3.63) is 66.3 Å². The second kappa shape index (κ2) is 13.3. The van der Waals surface area contributed by atoms with E-state index in [0.717, 1.165) is 18.4 Å². The van der Waals surface area contributed by atoms with Gasteiger partial charge in [-0.1, -0.05) is 26.0 Å². The molecule has 37 heavy (non-hydrogen) atoms. The Morgan fingerprint density at radius 1 is 0.865 bits per heavy atom. The molecule has 8 nitrogen and oxygen atoms in total. The highest BCUT2D eigenvalue weighted by Gasteiger charge is 2.27. The Hall–Kier alpha value is -2.49. The van der Waals surface area contributed by atoms with Gasteiger partial charge in [0.2, 0.25) is 10.0 Å². The van der Waals surface area contributed by atoms with E-state index >= 15 is 0 Å². The van der Waals surface area contributed by atoms with Crippen molar-refractivity contribution in [2.24, 2.45) is 5.92 Å². The third-order valence-electron chi connectivity index (χ3n) is 7.52. The number of aromatic nitrogens is 4. The summed E-state index contributed by atoms with van der Waals surface area (Å²) in [6, 6.07) is 8.19. The fourth-order valence-corrected chi connectivity index (χ4v) is 6.89. The first kappa shape index (κ1) is 27.5. The van der Waals surface area contributed by atoms with Crippen LogP contribution in [0.15, 0.2) is 53.9 Å². The van der Waals surface area contributed by atoms with E-state index in [1.165, 1.54) is 67.9 Å². The Kier molecular flexibility index (Phi) is 9.94. The number of sulfonamides is 1. The molecule has 0 unspecified atom stereocenters. The van der Waals surface area contributed by atoms with E-state index in [-0.39, 0.29) is 13.1 Å². The normalized spacial score (nSPS) is 18.6. The molecule has 0 bridgehead atoms. The van der Waals surface area contributed by atoms with Gasteiger partial charge in [-0.25, -0.2) is 18.4 Å². The predicted octanol–water partition coefficient (Wildman–Crippen LogP) is 5.14. The van der Waals surface area contributed by atoms with Crippen LogP contribution in [0.3, 0.4) is 0 Å². The molecule has 2 N–H and O–H groups in total. The molecule has 2 heterocycles. The largest absolute Gasteiger partial charge is 0.347 e. The minimum absolute atomic E-state index is 0.147. The molecular formula is C28H42N6O2S. The van der Waals surface area contributed by atoms with Gasteiger partial charge >= 0.3 is 0 Å². The highest BCUT2D eigenvalue weighted by molar-refractivity contribution is 7.89. The minimum atomic E-state index is -3.72. The lowest BCUT2D eigenvalue weighted by Crippen LogP contribution is -2.39. The number of aryl methyl sites for hydroxylation is 1. The van der Waals surface area contributed by atoms with Crippen LogP contribution in [0.2, 0.25) is 0 Å². The van der Waals surface area contributed by atoms with Crippen molar-refractivity contribution in [3.63, 3.8) is 0 Å². The molecule has 0 atom stereocenters. The first-order valence-corrected chi connectivity index (χ1v) is 15.2. The lowest BCUT2D eigenvalue weighted by Gasteiger charge is -2.37. The summed E-state index contributed by atoms with van der Waals surface area (Å²) >= 11 is 0. The zero-order valence-electron chi connectivity index (χ0n) is 22.3. The van der Waals surface area contributed by atoms with Gasteiger partial charge in [-0.2, -0.15) is 4.31 Å². The molecular weight excluding hydrogens is 484 g/mol. The highest BCUT2D eigenvalue weighted by Crippen LogP contribution is 2.31. The summed E-state index contributed by atoms with van der Waals surface area (Å²) in [6.07, 6.45) is 16.5. The summed E-state index contributed by atoms with van der Waals surface area (Å²) in [4.78, 5) is 17.4. The Morgan fingerprint density at radius 3 is 1.92 bits per heavy atom. The zero-order chi connectivity index (χ0) is 26.1. The molecule has 3 aromatic rings. The number of rotatable bonds is 14. The number of benzene rings is 1. The quantitative estimate of drug-likeness (QED) is 0.303. The van der Waals surface area contributed by atoms with Gasteiger partial charge in [-0.3, -0.25) is 0 Å². The Morgan fingerprint density at radius 2 is 1.43 bits per heavy atom. The maximum Gasteiger partial charge on any atom is 0.243 e. The standard InChI is InChI=1S/C28H42N6O2S/c1-3-19-33(20-4-2)25-11-7-23(8-12-25)5-6-24-9-13-26(14-10-24)37(35,36)34(21-27-29-15-16-30-27)22-28-31-17-18-32-28/h9-10,13-18,23,25H,3-8,11-12,19-22H2,1-2H3,(H,29,30)(H,31,32). The summed E-state index contributed by atoms with van der Waals surface area (Å²) in [5, 5.41) is 0. The van der Waals surface area contributed by atoms with Crippen LogP contribution in [-0.4, -0.2) is 56.7 Å². The van der Waals surface area contributed by atoms with Crippen LogP contribution < -0.4 is 0 Å². The van der Waals surface area contributed by atoms with Gasteiger partial charge in [-0.15, -0.1) is 0 Å². The summed E-state index contributed by atoms with van der Waals surface area (Å²) < 4.78 is 28.4. The van der Waals surface area contributed by atoms with E-state index in [2.05, 4.69) is 38.7 Å². The van der Waals surface area contributed by atoms with Gasteiger partial charge in [0.1, 0.15) is 11.6 Å². The first-order chi connectivity index (χ1) is 18.0. The number of hydrogen-bond donors (Lipinski definition) is 2. The Balaban J connectivity index is 1.34. The average Bonchev–Trinajstić information content (AvgIpc) is 3.62. The second-order valence-corrected chi connectivity index (χ2v) is 12.2. The third kappa shape index (κ3) is 7.52. The number of imidazole rings is 2. The fraction of sp³-hybridized carbons (Fsp3) is 0.571. The first-order valence-electron chi connectivity index (χ1n) is 13.8. The van der Waals surface area contributed by atoms with Crippen molar-refractivity contribution in [2.45, 2.75) is 89.2 Å². The van der Waals surface area contributed by atoms with Gasteiger partial charge in [0.05, 0.1) is 18.0 Å². The average molecular weight is 527 g/mol. The molecule has 2 aromatic heterocycles. The van der Waals surface area contributed by atoms with E-state index in [1.807, 2.05) is 12.1 Å². The molecule has 4 rings (SSSR count). The fourth-order valence-electron chi connectivity index (χ4n) is 5.53. The van der Waals surface area contributed by atoms with Crippen LogP contribution in [-0.2, 0) is 29.5 Å². The second-order valence-electron chi connectivity index (χ2n) is 10.2. The summed E-state index contributed by atoms with van der Waals surface area (Å²) in [7, 11) is -3.72. The lowest BCUT2D eigenvalue weighted by atomic mass is 9.82. The minimum Gasteiger partial charge on any atom is -0.347 e. The van der Waals surface area contributed by atoms with Crippen LogP contribution in [0.4, 0.5) is 0 Å². The maximum atomic E-state index is 13.5. The number of aromatic amines is 2. The number of nitrogens with zero attached hydrogens (tertiary/aromatic N) is 4. The van der Waals surface area contributed by atoms with Crippen LogP contribution in [0.1, 0.15) is 76.0 Å². The molecule has 0 radical (unpaired) electrons. The molecule has 0 saturated heterocycles. The summed E-state index contributed by atoms with van der Waals surface area (Å²) in [5.74, 6) is 1.95. The van der Waals surface area contributed by atoms with E-state index in [0.29, 0.717) is 16.5 Å². The van der Waals surface area contributed by atoms with Crippen LogP contribution in [0, 0.1) is 5.92 Å². The van der Waals surface area contributed by atoms with E-state index in [9.17, 15) is 8.42 Å². The van der Waals surface area contributed by atoms with Crippen molar-refractivity contribution in [2.75, 3.05) is 13.1 Å². The SMILES string of the molecule is CCCN(CCC)C1CCC(CCc2ccc(S(=O)(=O)N(Cc3ncc[nH]3)Cc3ncc[nH]3)cc2)CC1. The molecule has 1 aromatic carbocycles. The molecule has 1 aliphatic carbocycles. The number of H-pyrrole nitrogens is 2. The van der Waals surface area contributed by atoms with E-state index in [4.69, 9.17) is 0 Å². The molecule has 0 spiro atoms. The van der Waals surface area contributed by atoms with E-state index < -0.39 is 10.0 Å². The maximum absolute atomic E-state index is 13.5. The van der Waals surface area contributed by atoms with Crippen molar-refractivity contribution in [3.8, 4) is 0 Å². The molecule has 1 aliphatic rings.